The summed E-state index contributed by atoms with van der Waals surface area (Å²) in [5, 5.41) is 38.9. The molecule has 1 aliphatic heterocycles. The standard InChI is InChI=1S/C19H28O7/c1-9(2)7-11-5-6-13(12(8-11)10(3)4)25-19-16(22)14(20)15(21)17(26-19)18(23)24/h5-6,8-10,14-17,19-22H,7H2,1-4H3,(H,23,24)/t14-,15-,16+,17-,19+/m0/s1. The van der Waals surface area contributed by atoms with Gasteiger partial charge in [0.05, 0.1) is 0 Å². The van der Waals surface area contributed by atoms with Crippen molar-refractivity contribution in [3.63, 3.8) is 0 Å². The minimum Gasteiger partial charge on any atom is -0.479 e. The summed E-state index contributed by atoms with van der Waals surface area (Å²) < 4.78 is 10.9. The van der Waals surface area contributed by atoms with Gasteiger partial charge in [0.15, 0.2) is 6.10 Å². The number of carboxylic acid groups (broad SMARTS) is 1. The van der Waals surface area contributed by atoms with Crippen molar-refractivity contribution in [2.75, 3.05) is 0 Å². The van der Waals surface area contributed by atoms with E-state index < -0.39 is 36.7 Å². The minimum atomic E-state index is -1.74. The predicted molar refractivity (Wildman–Crippen MR) is 94.0 cm³/mol. The fraction of sp³-hybridized carbons (Fsp3) is 0.632. The Labute approximate surface area is 153 Å². The van der Waals surface area contributed by atoms with E-state index in [0.29, 0.717) is 11.7 Å². The van der Waals surface area contributed by atoms with Crippen LogP contribution in [0.3, 0.4) is 0 Å². The molecule has 1 aromatic carbocycles. The molecule has 7 heteroatoms. The van der Waals surface area contributed by atoms with Crippen LogP contribution in [0.1, 0.15) is 44.7 Å². The van der Waals surface area contributed by atoms with Gasteiger partial charge in [-0.05, 0) is 35.4 Å². The average molecular weight is 368 g/mol. The third-order valence-electron chi connectivity index (χ3n) is 4.40. The van der Waals surface area contributed by atoms with E-state index in [1.54, 1.807) is 6.07 Å². The number of aliphatic carboxylic acids is 1. The molecule has 0 aliphatic carbocycles. The third kappa shape index (κ3) is 4.54. The Morgan fingerprint density at radius 2 is 1.77 bits per heavy atom. The third-order valence-corrected chi connectivity index (χ3v) is 4.40. The smallest absolute Gasteiger partial charge is 0.335 e. The SMILES string of the molecule is CC(C)Cc1ccc(O[C@@H]2O[C@H](C(=O)O)[C@@H](O)[C@H](O)[C@H]2O)c(C(C)C)c1. The molecule has 0 spiro atoms. The monoisotopic (exact) mass is 368 g/mol. The number of ether oxygens (including phenoxy) is 2. The number of carbonyl (C=O) groups is 1. The Morgan fingerprint density at radius 1 is 1.12 bits per heavy atom. The van der Waals surface area contributed by atoms with Crippen LogP contribution in [0.25, 0.3) is 0 Å². The highest BCUT2D eigenvalue weighted by Crippen LogP contribution is 2.32. The fourth-order valence-corrected chi connectivity index (χ4v) is 3.03. The van der Waals surface area contributed by atoms with Crippen LogP contribution in [-0.4, -0.2) is 57.1 Å². The summed E-state index contributed by atoms with van der Waals surface area (Å²) in [6.07, 6.45) is -7.16. The first-order chi connectivity index (χ1) is 12.1. The van der Waals surface area contributed by atoms with E-state index in [4.69, 9.17) is 14.6 Å². The first-order valence-electron chi connectivity index (χ1n) is 8.83. The first-order valence-corrected chi connectivity index (χ1v) is 8.83. The molecule has 7 nitrogen and oxygen atoms in total. The number of hydrogen-bond donors (Lipinski definition) is 4. The second-order valence-electron chi connectivity index (χ2n) is 7.48. The molecule has 26 heavy (non-hydrogen) atoms. The molecular formula is C19H28O7. The molecular weight excluding hydrogens is 340 g/mol. The van der Waals surface area contributed by atoms with Gasteiger partial charge in [-0.1, -0.05) is 39.8 Å². The van der Waals surface area contributed by atoms with Gasteiger partial charge >= 0.3 is 5.97 Å². The summed E-state index contributed by atoms with van der Waals surface area (Å²) in [7, 11) is 0. The second kappa shape index (κ2) is 8.35. The molecule has 0 bridgehead atoms. The molecule has 0 aromatic heterocycles. The van der Waals surface area contributed by atoms with Gasteiger partial charge in [0.1, 0.15) is 24.1 Å². The summed E-state index contributed by atoms with van der Waals surface area (Å²) in [6.45, 7) is 8.26. The zero-order valence-corrected chi connectivity index (χ0v) is 15.5. The number of hydrogen-bond acceptors (Lipinski definition) is 6. The van der Waals surface area contributed by atoms with Crippen molar-refractivity contribution in [1.82, 2.24) is 0 Å². The number of rotatable bonds is 6. The zero-order chi connectivity index (χ0) is 19.6. The average Bonchev–Trinajstić information content (AvgIpc) is 2.55. The Hall–Kier alpha value is -1.67. The molecule has 5 atom stereocenters. The number of aliphatic hydroxyl groups is 3. The number of carboxylic acids is 1. The molecule has 0 amide bonds. The predicted octanol–water partition coefficient (Wildman–Crippen LogP) is 1.28. The molecule has 2 rings (SSSR count). The van der Waals surface area contributed by atoms with Crippen molar-refractivity contribution in [2.24, 2.45) is 5.92 Å². The van der Waals surface area contributed by atoms with E-state index in [-0.39, 0.29) is 5.92 Å². The summed E-state index contributed by atoms with van der Waals surface area (Å²) in [4.78, 5) is 11.2. The van der Waals surface area contributed by atoms with Crippen molar-refractivity contribution in [1.29, 1.82) is 0 Å². The Balaban J connectivity index is 2.26. The molecule has 146 valence electrons. The van der Waals surface area contributed by atoms with Crippen molar-refractivity contribution in [3.05, 3.63) is 29.3 Å². The maximum Gasteiger partial charge on any atom is 0.335 e. The summed E-state index contributed by atoms with van der Waals surface area (Å²) >= 11 is 0. The van der Waals surface area contributed by atoms with Gasteiger partial charge < -0.3 is 29.9 Å². The molecule has 1 aromatic rings. The van der Waals surface area contributed by atoms with Crippen molar-refractivity contribution in [2.45, 2.75) is 70.7 Å². The highest BCUT2D eigenvalue weighted by molar-refractivity contribution is 5.73. The number of aliphatic hydroxyl groups excluding tert-OH is 3. The van der Waals surface area contributed by atoms with E-state index >= 15 is 0 Å². The van der Waals surface area contributed by atoms with Crippen LogP contribution in [0, 0.1) is 5.92 Å². The van der Waals surface area contributed by atoms with Crippen LogP contribution in [0.15, 0.2) is 18.2 Å². The Kier molecular flexibility index (Phi) is 6.63. The van der Waals surface area contributed by atoms with Gasteiger partial charge in [-0.25, -0.2) is 4.79 Å². The summed E-state index contributed by atoms with van der Waals surface area (Å²) in [6, 6.07) is 5.70. The van der Waals surface area contributed by atoms with Gasteiger partial charge in [-0.3, -0.25) is 0 Å². The quantitative estimate of drug-likeness (QED) is 0.598. The molecule has 1 saturated heterocycles. The van der Waals surface area contributed by atoms with Crippen LogP contribution in [-0.2, 0) is 16.0 Å². The molecule has 0 saturated carbocycles. The van der Waals surface area contributed by atoms with Crippen LogP contribution in [0.5, 0.6) is 5.75 Å². The lowest BCUT2D eigenvalue weighted by molar-refractivity contribution is -0.271. The summed E-state index contributed by atoms with van der Waals surface area (Å²) in [5.74, 6) is -0.362. The van der Waals surface area contributed by atoms with E-state index in [2.05, 4.69) is 13.8 Å². The van der Waals surface area contributed by atoms with E-state index in [9.17, 15) is 20.1 Å². The highest BCUT2D eigenvalue weighted by Gasteiger charge is 2.48. The molecule has 0 radical (unpaired) electrons. The van der Waals surface area contributed by atoms with Gasteiger partial charge in [0.2, 0.25) is 6.29 Å². The lowest BCUT2D eigenvalue weighted by atomic mass is 9.95. The van der Waals surface area contributed by atoms with E-state index in [1.807, 2.05) is 26.0 Å². The van der Waals surface area contributed by atoms with Gasteiger partial charge in [-0.15, -0.1) is 0 Å². The zero-order valence-electron chi connectivity index (χ0n) is 15.5. The van der Waals surface area contributed by atoms with Crippen LogP contribution < -0.4 is 4.74 Å². The maximum absolute atomic E-state index is 11.2. The number of benzene rings is 1. The van der Waals surface area contributed by atoms with Crippen LogP contribution in [0.2, 0.25) is 0 Å². The molecule has 1 fully saturated rings. The Morgan fingerprint density at radius 3 is 2.31 bits per heavy atom. The second-order valence-corrected chi connectivity index (χ2v) is 7.48. The Bertz CT molecular complexity index is 628. The molecule has 1 heterocycles. The van der Waals surface area contributed by atoms with Crippen molar-refractivity contribution >= 4 is 5.97 Å². The first kappa shape index (κ1) is 20.6. The molecule has 4 N–H and O–H groups in total. The minimum absolute atomic E-state index is 0.128. The lowest BCUT2D eigenvalue weighted by Gasteiger charge is -2.38. The highest BCUT2D eigenvalue weighted by atomic mass is 16.7. The van der Waals surface area contributed by atoms with Crippen LogP contribution in [0.4, 0.5) is 0 Å². The summed E-state index contributed by atoms with van der Waals surface area (Å²) in [5.41, 5.74) is 2.05. The largest absolute Gasteiger partial charge is 0.479 e. The lowest BCUT2D eigenvalue weighted by Crippen LogP contribution is -2.61. The normalized spacial score (nSPS) is 29.2. The van der Waals surface area contributed by atoms with Crippen molar-refractivity contribution in [3.8, 4) is 5.75 Å². The van der Waals surface area contributed by atoms with E-state index in [0.717, 1.165) is 17.5 Å². The van der Waals surface area contributed by atoms with Gasteiger partial charge in [0, 0.05) is 0 Å². The molecule has 0 unspecified atom stereocenters. The van der Waals surface area contributed by atoms with Gasteiger partial charge in [-0.2, -0.15) is 0 Å². The fourth-order valence-electron chi connectivity index (χ4n) is 3.03. The molecule has 1 aliphatic rings. The van der Waals surface area contributed by atoms with Crippen molar-refractivity contribution < 1.29 is 34.7 Å². The van der Waals surface area contributed by atoms with Crippen LogP contribution >= 0.6 is 0 Å². The van der Waals surface area contributed by atoms with E-state index in [1.165, 1.54) is 0 Å². The maximum atomic E-state index is 11.2. The van der Waals surface area contributed by atoms with Gasteiger partial charge in [0.25, 0.3) is 0 Å². The topological polar surface area (TPSA) is 116 Å².